The van der Waals surface area contributed by atoms with Gasteiger partial charge in [0, 0.05) is 25.7 Å². The number of rotatable bonds is 1. The van der Waals surface area contributed by atoms with Crippen LogP contribution in [0, 0.1) is 0 Å². The second kappa shape index (κ2) is 2.96. The first-order chi connectivity index (χ1) is 6.24. The van der Waals surface area contributed by atoms with Crippen molar-refractivity contribution in [2.24, 2.45) is 7.05 Å². The monoisotopic (exact) mass is 194 g/mol. The predicted molar refractivity (Wildman–Crippen MR) is 57.5 cm³/mol. The summed E-state index contributed by atoms with van der Waals surface area (Å²) in [5, 5.41) is 5.08. The molecule has 0 radical (unpaired) electrons. The van der Waals surface area contributed by atoms with Gasteiger partial charge in [0.2, 0.25) is 0 Å². The topological polar surface area (TPSA) is 17.0 Å². The van der Waals surface area contributed by atoms with E-state index in [-0.39, 0.29) is 0 Å². The molecule has 0 amide bonds. The van der Waals surface area contributed by atoms with Gasteiger partial charge in [-0.15, -0.1) is 0 Å². The van der Waals surface area contributed by atoms with Crippen LogP contribution in [0.3, 0.4) is 0 Å². The fourth-order valence-electron chi connectivity index (χ4n) is 1.60. The van der Waals surface area contributed by atoms with Crippen LogP contribution in [0.4, 0.5) is 5.69 Å². The summed E-state index contributed by atoms with van der Waals surface area (Å²) in [6.07, 6.45) is 2.03. The number of benzene rings is 1. The van der Waals surface area contributed by atoms with Crippen molar-refractivity contribution >= 4 is 28.2 Å². The average molecular weight is 195 g/mol. The summed E-state index contributed by atoms with van der Waals surface area (Å²) in [6.45, 7) is 0. The minimum atomic E-state index is 0.761. The molecule has 3 heteroatoms. The van der Waals surface area contributed by atoms with Crippen molar-refractivity contribution in [2.45, 2.75) is 0 Å². The Bertz CT molecular complexity index is 445. The van der Waals surface area contributed by atoms with Gasteiger partial charge in [0.15, 0.2) is 0 Å². The van der Waals surface area contributed by atoms with E-state index in [9.17, 15) is 0 Å². The molecule has 68 valence electrons. The zero-order valence-corrected chi connectivity index (χ0v) is 8.39. The highest BCUT2D eigenvalue weighted by Gasteiger charge is 2.06. The van der Waals surface area contributed by atoms with Crippen LogP contribution < -0.4 is 5.32 Å². The van der Waals surface area contributed by atoms with Crippen molar-refractivity contribution in [3.63, 3.8) is 0 Å². The third kappa shape index (κ3) is 1.18. The van der Waals surface area contributed by atoms with E-state index >= 15 is 0 Å². The molecule has 1 aromatic carbocycles. The first kappa shape index (κ1) is 8.45. The molecule has 0 saturated heterocycles. The van der Waals surface area contributed by atoms with Crippen LogP contribution in [-0.2, 0) is 7.05 Å². The smallest absolute Gasteiger partial charge is 0.0774 e. The number of nitrogens with zero attached hydrogens (tertiary/aromatic N) is 1. The zero-order chi connectivity index (χ0) is 9.42. The molecule has 0 aliphatic heterocycles. The molecular weight excluding hydrogens is 184 g/mol. The standard InChI is InChI=1S/C10H11ClN2/c1-12-9-8(11)4-3-7-5-6-13(2)10(7)9/h3-6,12H,1-2H3. The van der Waals surface area contributed by atoms with Gasteiger partial charge in [-0.05, 0) is 12.1 Å². The Hall–Kier alpha value is -1.15. The van der Waals surface area contributed by atoms with Gasteiger partial charge in [0.25, 0.3) is 0 Å². The van der Waals surface area contributed by atoms with Crippen molar-refractivity contribution in [2.75, 3.05) is 12.4 Å². The van der Waals surface area contributed by atoms with Crippen molar-refractivity contribution in [3.05, 3.63) is 29.4 Å². The van der Waals surface area contributed by atoms with E-state index < -0.39 is 0 Å². The number of aromatic nitrogens is 1. The SMILES string of the molecule is CNc1c(Cl)ccc2ccn(C)c12. The van der Waals surface area contributed by atoms with E-state index in [4.69, 9.17) is 11.6 Å². The molecule has 1 aromatic heterocycles. The molecule has 2 rings (SSSR count). The Balaban J connectivity index is 2.88. The molecular formula is C10H11ClN2. The molecule has 0 aliphatic rings. The van der Waals surface area contributed by atoms with Gasteiger partial charge in [0.1, 0.15) is 0 Å². The maximum Gasteiger partial charge on any atom is 0.0774 e. The highest BCUT2D eigenvalue weighted by Crippen LogP contribution is 2.30. The molecule has 0 bridgehead atoms. The molecule has 0 saturated carbocycles. The Labute approximate surface area is 82.1 Å². The number of hydrogen-bond donors (Lipinski definition) is 1. The van der Waals surface area contributed by atoms with Crippen LogP contribution in [-0.4, -0.2) is 11.6 Å². The molecule has 2 aromatic rings. The van der Waals surface area contributed by atoms with E-state index in [1.807, 2.05) is 32.4 Å². The molecule has 1 N–H and O–H groups in total. The second-order valence-electron chi connectivity index (χ2n) is 3.04. The first-order valence-electron chi connectivity index (χ1n) is 4.15. The highest BCUT2D eigenvalue weighted by molar-refractivity contribution is 6.34. The third-order valence-corrected chi connectivity index (χ3v) is 2.55. The average Bonchev–Trinajstić information content (AvgIpc) is 2.49. The summed E-state index contributed by atoms with van der Waals surface area (Å²) in [6, 6.07) is 6.01. The highest BCUT2D eigenvalue weighted by atomic mass is 35.5. The van der Waals surface area contributed by atoms with Gasteiger partial charge in [-0.1, -0.05) is 17.7 Å². The Kier molecular flexibility index (Phi) is 1.93. The number of anilines is 1. The summed E-state index contributed by atoms with van der Waals surface area (Å²) in [5.41, 5.74) is 2.14. The molecule has 2 nitrogen and oxygen atoms in total. The number of hydrogen-bond acceptors (Lipinski definition) is 1. The molecule has 0 aliphatic carbocycles. The summed E-state index contributed by atoms with van der Waals surface area (Å²) in [4.78, 5) is 0. The van der Waals surface area contributed by atoms with Gasteiger partial charge in [-0.25, -0.2) is 0 Å². The van der Waals surface area contributed by atoms with Crippen molar-refractivity contribution in [1.29, 1.82) is 0 Å². The molecule has 1 heterocycles. The lowest BCUT2D eigenvalue weighted by Crippen LogP contribution is -1.94. The molecule has 0 atom stereocenters. The van der Waals surface area contributed by atoms with E-state index in [1.165, 1.54) is 5.39 Å². The van der Waals surface area contributed by atoms with Gasteiger partial charge < -0.3 is 9.88 Å². The molecule has 13 heavy (non-hydrogen) atoms. The van der Waals surface area contributed by atoms with E-state index in [1.54, 1.807) is 0 Å². The number of nitrogens with one attached hydrogen (secondary N) is 1. The largest absolute Gasteiger partial charge is 0.385 e. The van der Waals surface area contributed by atoms with E-state index in [2.05, 4.69) is 16.0 Å². The van der Waals surface area contributed by atoms with Gasteiger partial charge in [-0.2, -0.15) is 0 Å². The Morgan fingerprint density at radius 3 is 2.77 bits per heavy atom. The number of aryl methyl sites for hydroxylation is 1. The van der Waals surface area contributed by atoms with Gasteiger partial charge >= 0.3 is 0 Å². The summed E-state index contributed by atoms with van der Waals surface area (Å²) < 4.78 is 2.06. The van der Waals surface area contributed by atoms with Crippen LogP contribution in [0.15, 0.2) is 24.4 Å². The quantitative estimate of drug-likeness (QED) is 0.739. The Morgan fingerprint density at radius 1 is 1.31 bits per heavy atom. The maximum absolute atomic E-state index is 6.06. The van der Waals surface area contributed by atoms with Crippen molar-refractivity contribution in [3.8, 4) is 0 Å². The lowest BCUT2D eigenvalue weighted by Gasteiger charge is -2.07. The van der Waals surface area contributed by atoms with Gasteiger partial charge in [0.05, 0.1) is 16.2 Å². The van der Waals surface area contributed by atoms with Gasteiger partial charge in [-0.3, -0.25) is 0 Å². The predicted octanol–water partition coefficient (Wildman–Crippen LogP) is 2.87. The first-order valence-corrected chi connectivity index (χ1v) is 4.53. The van der Waals surface area contributed by atoms with Crippen molar-refractivity contribution in [1.82, 2.24) is 4.57 Å². The maximum atomic E-state index is 6.06. The summed E-state index contributed by atoms with van der Waals surface area (Å²) in [7, 11) is 3.90. The minimum Gasteiger partial charge on any atom is -0.385 e. The third-order valence-electron chi connectivity index (χ3n) is 2.24. The zero-order valence-electron chi connectivity index (χ0n) is 7.63. The lowest BCUT2D eigenvalue weighted by molar-refractivity contribution is 0.969. The van der Waals surface area contributed by atoms with E-state index in [0.29, 0.717) is 0 Å². The fraction of sp³-hybridized carbons (Fsp3) is 0.200. The number of halogens is 1. The summed E-state index contributed by atoms with van der Waals surface area (Å²) in [5.74, 6) is 0. The van der Waals surface area contributed by atoms with Crippen LogP contribution in [0.5, 0.6) is 0 Å². The van der Waals surface area contributed by atoms with Crippen LogP contribution in [0.2, 0.25) is 5.02 Å². The minimum absolute atomic E-state index is 0.761. The van der Waals surface area contributed by atoms with Crippen LogP contribution in [0.25, 0.3) is 10.9 Å². The van der Waals surface area contributed by atoms with Crippen LogP contribution in [0.1, 0.15) is 0 Å². The summed E-state index contributed by atoms with van der Waals surface area (Å²) >= 11 is 6.06. The van der Waals surface area contributed by atoms with Crippen LogP contribution >= 0.6 is 11.6 Å². The normalized spacial score (nSPS) is 10.7. The lowest BCUT2D eigenvalue weighted by atomic mass is 10.2. The fourth-order valence-corrected chi connectivity index (χ4v) is 1.85. The van der Waals surface area contributed by atoms with Crippen molar-refractivity contribution < 1.29 is 0 Å². The molecule has 0 unspecified atom stereocenters. The Morgan fingerprint density at radius 2 is 2.08 bits per heavy atom. The second-order valence-corrected chi connectivity index (χ2v) is 3.44. The van der Waals surface area contributed by atoms with E-state index in [0.717, 1.165) is 16.2 Å². The number of fused-ring (bicyclic) bond motifs is 1. The molecule has 0 spiro atoms. The molecule has 0 fully saturated rings.